The molecule has 144 valence electrons. The summed E-state index contributed by atoms with van der Waals surface area (Å²) >= 11 is 4.58. The maximum absolute atomic E-state index is 11.5. The number of hydrogen-bond acceptors (Lipinski definition) is 11. The van der Waals surface area contributed by atoms with Gasteiger partial charge in [-0.15, -0.1) is 0 Å². The second-order valence-electron chi connectivity index (χ2n) is 5.31. The van der Waals surface area contributed by atoms with Gasteiger partial charge in [0.05, 0.1) is 5.16 Å². The van der Waals surface area contributed by atoms with Crippen molar-refractivity contribution >= 4 is 41.3 Å². The lowest BCUT2D eigenvalue weighted by Gasteiger charge is -2.42. The standard InChI is InChI=1S/C15H19NO9S/c1-7(17)21-5-11-13(22-8(2)18)14(23-9(3)19)12(16-6-26)15(25-11)24-10(4)20/h11-15H,5H2,1-4H3/t11-,12-,13+,14-,15-/m1/s1. The first-order valence-electron chi connectivity index (χ1n) is 7.53. The van der Waals surface area contributed by atoms with Crippen molar-refractivity contribution in [3.05, 3.63) is 0 Å². The van der Waals surface area contributed by atoms with Crippen LogP contribution in [0.25, 0.3) is 0 Å². The second-order valence-corrected chi connectivity index (χ2v) is 5.50. The van der Waals surface area contributed by atoms with Crippen molar-refractivity contribution in [2.24, 2.45) is 4.99 Å². The van der Waals surface area contributed by atoms with Gasteiger partial charge >= 0.3 is 23.9 Å². The molecule has 0 aromatic rings. The van der Waals surface area contributed by atoms with Crippen molar-refractivity contribution in [2.75, 3.05) is 6.61 Å². The molecule has 0 bridgehead atoms. The topological polar surface area (TPSA) is 127 Å². The third-order valence-electron chi connectivity index (χ3n) is 3.15. The minimum Gasteiger partial charge on any atom is -0.463 e. The van der Waals surface area contributed by atoms with Crippen molar-refractivity contribution in [3.8, 4) is 0 Å². The highest BCUT2D eigenvalue weighted by molar-refractivity contribution is 7.78. The van der Waals surface area contributed by atoms with Gasteiger partial charge in [-0.1, -0.05) is 0 Å². The van der Waals surface area contributed by atoms with Crippen molar-refractivity contribution in [1.82, 2.24) is 0 Å². The van der Waals surface area contributed by atoms with E-state index >= 15 is 0 Å². The van der Waals surface area contributed by atoms with Crippen LogP contribution in [-0.2, 0) is 42.9 Å². The SMILES string of the molecule is CC(=O)OC[C@H]1O[C@@H](OC(C)=O)[C@H](N=C=S)[C@@H](OC(C)=O)[C@H]1OC(C)=O. The van der Waals surface area contributed by atoms with Crippen molar-refractivity contribution in [1.29, 1.82) is 0 Å². The zero-order valence-corrected chi connectivity index (χ0v) is 15.4. The molecule has 26 heavy (non-hydrogen) atoms. The maximum atomic E-state index is 11.5. The van der Waals surface area contributed by atoms with E-state index in [-0.39, 0.29) is 6.61 Å². The van der Waals surface area contributed by atoms with E-state index in [1.807, 2.05) is 0 Å². The summed E-state index contributed by atoms with van der Waals surface area (Å²) in [6.07, 6.45) is -4.78. The molecule has 0 aromatic heterocycles. The fourth-order valence-corrected chi connectivity index (χ4v) is 2.47. The summed E-state index contributed by atoms with van der Waals surface area (Å²) in [7, 11) is 0. The maximum Gasteiger partial charge on any atom is 0.305 e. The van der Waals surface area contributed by atoms with Crippen molar-refractivity contribution < 1.29 is 42.9 Å². The predicted molar refractivity (Wildman–Crippen MR) is 87.0 cm³/mol. The van der Waals surface area contributed by atoms with E-state index < -0.39 is 54.5 Å². The first-order valence-corrected chi connectivity index (χ1v) is 7.94. The number of hydrogen-bond donors (Lipinski definition) is 0. The van der Waals surface area contributed by atoms with Crippen LogP contribution < -0.4 is 0 Å². The van der Waals surface area contributed by atoms with Crippen LogP contribution in [0.15, 0.2) is 4.99 Å². The van der Waals surface area contributed by atoms with Crippen molar-refractivity contribution in [2.45, 2.75) is 58.3 Å². The molecule has 11 heteroatoms. The fourth-order valence-electron chi connectivity index (χ4n) is 2.34. The molecule has 1 rings (SSSR count). The number of aliphatic imine (C=N–C) groups is 1. The lowest BCUT2D eigenvalue weighted by molar-refractivity contribution is -0.266. The number of nitrogens with zero attached hydrogens (tertiary/aromatic N) is 1. The summed E-state index contributed by atoms with van der Waals surface area (Å²) in [5.41, 5.74) is 0. The second kappa shape index (κ2) is 9.95. The Morgan fingerprint density at radius 1 is 0.923 bits per heavy atom. The molecular weight excluding hydrogens is 370 g/mol. The van der Waals surface area contributed by atoms with Crippen LogP contribution in [0, 0.1) is 0 Å². The van der Waals surface area contributed by atoms with Crippen LogP contribution in [-0.4, -0.2) is 66.3 Å². The molecule has 1 aliphatic rings. The Balaban J connectivity index is 3.28. The number of esters is 4. The van der Waals surface area contributed by atoms with E-state index in [4.69, 9.17) is 23.7 Å². The van der Waals surface area contributed by atoms with Gasteiger partial charge in [-0.2, -0.15) is 0 Å². The fraction of sp³-hybridized carbons (Fsp3) is 0.667. The van der Waals surface area contributed by atoms with E-state index in [1.54, 1.807) is 0 Å². The molecular formula is C15H19NO9S. The summed E-state index contributed by atoms with van der Waals surface area (Å²) in [6.45, 7) is 4.26. The van der Waals surface area contributed by atoms with Crippen LogP contribution in [0.3, 0.4) is 0 Å². The normalized spacial score (nSPS) is 27.5. The zero-order chi connectivity index (χ0) is 19.9. The number of isothiocyanates is 1. The monoisotopic (exact) mass is 389 g/mol. The zero-order valence-electron chi connectivity index (χ0n) is 14.6. The molecule has 0 N–H and O–H groups in total. The van der Waals surface area contributed by atoms with Gasteiger partial charge in [0.1, 0.15) is 12.7 Å². The number of thiocarbonyl (C=S) groups is 1. The highest BCUT2D eigenvalue weighted by Gasteiger charge is 2.51. The summed E-state index contributed by atoms with van der Waals surface area (Å²) < 4.78 is 25.9. The summed E-state index contributed by atoms with van der Waals surface area (Å²) in [5.74, 6) is -2.70. The minimum atomic E-state index is -1.32. The molecule has 1 aliphatic heterocycles. The molecule has 0 unspecified atom stereocenters. The van der Waals surface area contributed by atoms with Crippen LogP contribution in [0.2, 0.25) is 0 Å². The molecule has 1 saturated heterocycles. The van der Waals surface area contributed by atoms with Gasteiger partial charge in [0.25, 0.3) is 0 Å². The Morgan fingerprint density at radius 3 is 1.92 bits per heavy atom. The molecule has 5 atom stereocenters. The smallest absolute Gasteiger partial charge is 0.305 e. The lowest BCUT2D eigenvalue weighted by atomic mass is 9.96. The van der Waals surface area contributed by atoms with Gasteiger partial charge < -0.3 is 23.7 Å². The van der Waals surface area contributed by atoms with E-state index in [1.165, 1.54) is 6.92 Å². The first-order chi connectivity index (χ1) is 12.1. The molecule has 0 amide bonds. The van der Waals surface area contributed by atoms with Crippen LogP contribution in [0.1, 0.15) is 27.7 Å². The quantitative estimate of drug-likeness (QED) is 0.268. The third kappa shape index (κ3) is 6.51. The van der Waals surface area contributed by atoms with Crippen molar-refractivity contribution in [3.63, 3.8) is 0 Å². The van der Waals surface area contributed by atoms with E-state index in [2.05, 4.69) is 22.4 Å². The van der Waals surface area contributed by atoms with Gasteiger partial charge in [-0.25, -0.2) is 4.99 Å². The molecule has 1 heterocycles. The lowest BCUT2D eigenvalue weighted by Crippen LogP contribution is -2.61. The average Bonchev–Trinajstić information content (AvgIpc) is 2.49. The van der Waals surface area contributed by atoms with Crippen LogP contribution in [0.4, 0.5) is 0 Å². The number of ether oxygens (including phenoxy) is 5. The molecule has 1 fully saturated rings. The van der Waals surface area contributed by atoms with Gasteiger partial charge in [-0.3, -0.25) is 19.2 Å². The van der Waals surface area contributed by atoms with Crippen LogP contribution >= 0.6 is 12.2 Å². The number of carbonyl (C=O) groups excluding carboxylic acids is 4. The van der Waals surface area contributed by atoms with E-state index in [0.29, 0.717) is 0 Å². The number of rotatable bonds is 6. The Bertz CT molecular complexity index is 616. The van der Waals surface area contributed by atoms with Gasteiger partial charge in [0.2, 0.25) is 6.29 Å². The molecule has 0 aromatic carbocycles. The molecule has 0 spiro atoms. The molecule has 0 aliphatic carbocycles. The minimum absolute atomic E-state index is 0.336. The number of carbonyl (C=O) groups is 4. The highest BCUT2D eigenvalue weighted by atomic mass is 32.1. The first kappa shape index (κ1) is 21.7. The molecule has 0 radical (unpaired) electrons. The van der Waals surface area contributed by atoms with Gasteiger partial charge in [0.15, 0.2) is 18.2 Å². The predicted octanol–water partition coefficient (Wildman–Crippen LogP) is 0.172. The third-order valence-corrected chi connectivity index (χ3v) is 3.26. The van der Waals surface area contributed by atoms with Gasteiger partial charge in [0, 0.05) is 27.7 Å². The van der Waals surface area contributed by atoms with Gasteiger partial charge in [-0.05, 0) is 12.2 Å². The highest BCUT2D eigenvalue weighted by Crippen LogP contribution is 2.29. The van der Waals surface area contributed by atoms with E-state index in [9.17, 15) is 19.2 Å². The molecule has 0 saturated carbocycles. The Labute approximate surface area is 154 Å². The Kier molecular flexibility index (Phi) is 8.30. The average molecular weight is 389 g/mol. The van der Waals surface area contributed by atoms with E-state index in [0.717, 1.165) is 20.8 Å². The summed E-state index contributed by atoms with van der Waals surface area (Å²) in [6, 6.07) is -1.13. The summed E-state index contributed by atoms with van der Waals surface area (Å²) in [4.78, 5) is 49.3. The van der Waals surface area contributed by atoms with Crippen LogP contribution in [0.5, 0.6) is 0 Å². The molecule has 10 nitrogen and oxygen atoms in total. The Hall–Kier alpha value is -2.36. The largest absolute Gasteiger partial charge is 0.463 e. The summed E-state index contributed by atoms with van der Waals surface area (Å²) in [5, 5.41) is 2.10. The Morgan fingerprint density at radius 2 is 1.46 bits per heavy atom.